The van der Waals surface area contributed by atoms with Gasteiger partial charge in [-0.05, 0) is 0 Å². The van der Waals surface area contributed by atoms with E-state index in [0.29, 0.717) is 0 Å². The summed E-state index contributed by atoms with van der Waals surface area (Å²) in [6.07, 6.45) is 3.72. The summed E-state index contributed by atoms with van der Waals surface area (Å²) in [5, 5.41) is 0. The van der Waals surface area contributed by atoms with Gasteiger partial charge >= 0.3 is 136 Å². The number of aromatic nitrogens is 2. The molecule has 0 bridgehead atoms. The Labute approximate surface area is 136 Å². The molecule has 0 fully saturated rings. The van der Waals surface area contributed by atoms with Gasteiger partial charge in [0, 0.05) is 0 Å². The van der Waals surface area contributed by atoms with Crippen LogP contribution in [0.1, 0.15) is 11.1 Å². The molecule has 0 aliphatic carbocycles. The summed E-state index contributed by atoms with van der Waals surface area (Å²) in [6.45, 7) is 4.27. The molecule has 0 unspecified atom stereocenters. The third-order valence-corrected chi connectivity index (χ3v) is 6.00. The van der Waals surface area contributed by atoms with Crippen LogP contribution in [-0.4, -0.2) is 24.9 Å². The van der Waals surface area contributed by atoms with E-state index in [1.807, 2.05) is 24.5 Å². The third kappa shape index (κ3) is 2.12. The van der Waals surface area contributed by atoms with Crippen molar-refractivity contribution >= 4 is 41.2 Å². The molecule has 0 saturated carbocycles. The van der Waals surface area contributed by atoms with Crippen molar-refractivity contribution in [2.45, 2.75) is 13.8 Å². The van der Waals surface area contributed by atoms with E-state index in [9.17, 15) is 0 Å². The third-order valence-electron chi connectivity index (χ3n) is 3.74. The van der Waals surface area contributed by atoms with Crippen LogP contribution in [0.3, 0.4) is 0 Å². The molecule has 1 aliphatic heterocycles. The molecule has 4 heteroatoms. The van der Waals surface area contributed by atoms with Crippen LogP contribution in [0.25, 0.3) is 0 Å². The van der Waals surface area contributed by atoms with Gasteiger partial charge in [-0.15, -0.1) is 0 Å². The molecule has 2 aromatic heterocycles. The number of nitrogens with zero attached hydrogens (tertiary/aromatic N) is 3. The second kappa shape index (κ2) is 5.24. The molecule has 108 valence electrons. The van der Waals surface area contributed by atoms with Crippen LogP contribution in [0.5, 0.6) is 0 Å². The van der Waals surface area contributed by atoms with Gasteiger partial charge in [-0.2, -0.15) is 0 Å². The van der Waals surface area contributed by atoms with Crippen molar-refractivity contribution < 1.29 is 0 Å². The van der Waals surface area contributed by atoms with Crippen LogP contribution in [0.4, 0.5) is 17.3 Å². The predicted octanol–water partition coefficient (Wildman–Crippen LogP) is 2.53. The normalized spacial score (nSPS) is 12.7. The van der Waals surface area contributed by atoms with E-state index in [-0.39, 0.29) is 15.0 Å². The fraction of sp³-hybridized carbons (Fsp3) is 0.111. The second-order valence-corrected chi connectivity index (χ2v) is 7.65. The Bertz CT molecular complexity index is 815. The summed E-state index contributed by atoms with van der Waals surface area (Å²) in [5.74, 6) is 2.03. The fourth-order valence-electron chi connectivity index (χ4n) is 2.76. The van der Waals surface area contributed by atoms with Crippen molar-refractivity contribution in [3.63, 3.8) is 0 Å². The minimum atomic E-state index is 0.252. The van der Waals surface area contributed by atoms with Crippen molar-refractivity contribution in [3.8, 4) is 0 Å². The SMILES string of the molecule is Cc1ccc(N2c3ncccc3[Se]c3cccnc32)c(C)c1. The van der Waals surface area contributed by atoms with Crippen molar-refractivity contribution in [1.82, 2.24) is 9.97 Å². The first-order valence-electron chi connectivity index (χ1n) is 7.19. The van der Waals surface area contributed by atoms with Crippen LogP contribution in [0.2, 0.25) is 0 Å². The summed E-state index contributed by atoms with van der Waals surface area (Å²) >= 11 is 0.252. The molecule has 0 amide bonds. The Morgan fingerprint density at radius 2 is 1.50 bits per heavy atom. The maximum absolute atomic E-state index is 4.64. The molecule has 1 aromatic carbocycles. The minimum absolute atomic E-state index is 0.252. The number of benzene rings is 1. The molecular formula is C18H15N3Se. The molecule has 0 atom stereocenters. The number of anilines is 3. The zero-order valence-electron chi connectivity index (χ0n) is 12.4. The van der Waals surface area contributed by atoms with Gasteiger partial charge in [0.1, 0.15) is 0 Å². The molecule has 0 saturated heterocycles. The van der Waals surface area contributed by atoms with E-state index in [2.05, 4.69) is 59.0 Å². The van der Waals surface area contributed by atoms with Gasteiger partial charge in [0.05, 0.1) is 0 Å². The monoisotopic (exact) mass is 353 g/mol. The molecule has 0 radical (unpaired) electrons. The number of rotatable bonds is 1. The molecule has 3 aromatic rings. The fourth-order valence-corrected chi connectivity index (χ4v) is 4.86. The van der Waals surface area contributed by atoms with Crippen LogP contribution in [0, 0.1) is 13.8 Å². The second-order valence-electron chi connectivity index (χ2n) is 5.38. The molecule has 0 N–H and O–H groups in total. The van der Waals surface area contributed by atoms with Gasteiger partial charge in [-0.25, -0.2) is 0 Å². The van der Waals surface area contributed by atoms with E-state index in [1.54, 1.807) is 0 Å². The van der Waals surface area contributed by atoms with Crippen molar-refractivity contribution in [3.05, 3.63) is 66.0 Å². The standard InChI is InChI=1S/C18H15N3Se/c1-12-7-8-14(13(2)11-12)21-17-15(5-3-9-19-17)22-16-6-4-10-20-18(16)21/h3-11H,1-2H3. The van der Waals surface area contributed by atoms with Crippen molar-refractivity contribution in [2.75, 3.05) is 4.90 Å². The number of fused-ring (bicyclic) bond motifs is 2. The molecule has 1 aliphatic rings. The zero-order chi connectivity index (χ0) is 15.1. The first-order valence-corrected chi connectivity index (χ1v) is 8.90. The molecular weight excluding hydrogens is 337 g/mol. The molecule has 3 nitrogen and oxygen atoms in total. The van der Waals surface area contributed by atoms with Crippen LogP contribution in [-0.2, 0) is 0 Å². The average molecular weight is 352 g/mol. The maximum atomic E-state index is 4.64. The van der Waals surface area contributed by atoms with Crippen molar-refractivity contribution in [1.29, 1.82) is 0 Å². The van der Waals surface area contributed by atoms with Gasteiger partial charge in [-0.3, -0.25) is 0 Å². The van der Waals surface area contributed by atoms with Crippen molar-refractivity contribution in [2.24, 2.45) is 0 Å². The first kappa shape index (κ1) is 13.5. The van der Waals surface area contributed by atoms with Gasteiger partial charge in [0.15, 0.2) is 0 Å². The molecule has 3 heterocycles. The van der Waals surface area contributed by atoms with E-state index < -0.39 is 0 Å². The number of pyridine rings is 2. The van der Waals surface area contributed by atoms with Gasteiger partial charge in [-0.1, -0.05) is 0 Å². The van der Waals surface area contributed by atoms with E-state index in [0.717, 1.165) is 17.3 Å². The number of hydrogen-bond donors (Lipinski definition) is 0. The van der Waals surface area contributed by atoms with Gasteiger partial charge in [0.25, 0.3) is 0 Å². The van der Waals surface area contributed by atoms with Gasteiger partial charge < -0.3 is 0 Å². The van der Waals surface area contributed by atoms with Crippen LogP contribution in [0.15, 0.2) is 54.9 Å². The summed E-state index contributed by atoms with van der Waals surface area (Å²) in [6, 6.07) is 14.9. The quantitative estimate of drug-likeness (QED) is 0.493. The summed E-state index contributed by atoms with van der Waals surface area (Å²) < 4.78 is 2.60. The summed E-state index contributed by atoms with van der Waals surface area (Å²) in [7, 11) is 0. The van der Waals surface area contributed by atoms with Gasteiger partial charge in [0.2, 0.25) is 0 Å². The Morgan fingerprint density at radius 3 is 2.09 bits per heavy atom. The average Bonchev–Trinajstić information content (AvgIpc) is 2.53. The first-order chi connectivity index (χ1) is 10.7. The number of hydrogen-bond acceptors (Lipinski definition) is 3. The Hall–Kier alpha value is -2.16. The Balaban J connectivity index is 1.98. The molecule has 22 heavy (non-hydrogen) atoms. The van der Waals surface area contributed by atoms with E-state index in [1.165, 1.54) is 20.1 Å². The number of aryl methyl sites for hydroxylation is 2. The van der Waals surface area contributed by atoms with Crippen LogP contribution >= 0.6 is 0 Å². The van der Waals surface area contributed by atoms with E-state index >= 15 is 0 Å². The predicted molar refractivity (Wildman–Crippen MR) is 91.2 cm³/mol. The zero-order valence-corrected chi connectivity index (χ0v) is 14.2. The summed E-state index contributed by atoms with van der Waals surface area (Å²) in [4.78, 5) is 11.5. The topological polar surface area (TPSA) is 29.0 Å². The molecule has 0 spiro atoms. The van der Waals surface area contributed by atoms with Crippen LogP contribution < -0.4 is 13.8 Å². The Morgan fingerprint density at radius 1 is 0.864 bits per heavy atom. The Kier molecular flexibility index (Phi) is 3.21. The molecule has 4 rings (SSSR count). The summed E-state index contributed by atoms with van der Waals surface area (Å²) in [5.41, 5.74) is 3.66. The van der Waals surface area contributed by atoms with E-state index in [4.69, 9.17) is 0 Å².